The number of carbonyl (C=O) groups excluding carboxylic acids is 1. The molecule has 5 nitrogen and oxygen atoms in total. The number of sulfonamides is 1. The van der Waals surface area contributed by atoms with Crippen molar-refractivity contribution in [3.05, 3.63) is 58.1 Å². The van der Waals surface area contributed by atoms with Gasteiger partial charge in [0, 0.05) is 10.7 Å². The molecule has 0 aliphatic rings. The fraction of sp³-hybridized carbons (Fsp3) is 0.235. The third-order valence-electron chi connectivity index (χ3n) is 3.54. The maximum Gasteiger partial charge on any atom is 0.245 e. The van der Waals surface area contributed by atoms with Crippen LogP contribution < -0.4 is 9.62 Å². The number of hydrogen-bond acceptors (Lipinski definition) is 3. The standard InChI is InChI=1S/C17H18Cl2N2O3S/c1-3-12-6-4-5-7-15(12)20-17(22)11-21(25(2,23)24)16-10-13(18)8-9-14(16)19/h4-10H,3,11H2,1-2H3,(H,20,22). The molecule has 2 aromatic carbocycles. The average molecular weight is 401 g/mol. The molecule has 2 rings (SSSR count). The molecule has 25 heavy (non-hydrogen) atoms. The van der Waals surface area contributed by atoms with E-state index in [4.69, 9.17) is 23.2 Å². The number of amides is 1. The molecule has 0 aromatic heterocycles. The van der Waals surface area contributed by atoms with E-state index in [9.17, 15) is 13.2 Å². The second kappa shape index (κ2) is 8.08. The average Bonchev–Trinajstić information content (AvgIpc) is 2.54. The number of para-hydroxylation sites is 1. The topological polar surface area (TPSA) is 66.5 Å². The zero-order valence-electron chi connectivity index (χ0n) is 13.8. The lowest BCUT2D eigenvalue weighted by Gasteiger charge is -2.23. The summed E-state index contributed by atoms with van der Waals surface area (Å²) in [7, 11) is -3.73. The van der Waals surface area contributed by atoms with Crippen molar-refractivity contribution in [2.45, 2.75) is 13.3 Å². The van der Waals surface area contributed by atoms with Gasteiger partial charge < -0.3 is 5.32 Å². The molecule has 134 valence electrons. The summed E-state index contributed by atoms with van der Waals surface area (Å²) >= 11 is 12.0. The summed E-state index contributed by atoms with van der Waals surface area (Å²) in [5.41, 5.74) is 1.78. The first-order valence-corrected chi connectivity index (χ1v) is 10.1. The Morgan fingerprint density at radius 2 is 1.84 bits per heavy atom. The second-order valence-corrected chi connectivity index (χ2v) is 8.17. The Bertz CT molecular complexity index is 885. The number of aryl methyl sites for hydroxylation is 1. The van der Waals surface area contributed by atoms with Gasteiger partial charge in [0.2, 0.25) is 15.9 Å². The van der Waals surface area contributed by atoms with Crippen LogP contribution >= 0.6 is 23.2 Å². The van der Waals surface area contributed by atoms with Crippen LogP contribution in [0.4, 0.5) is 11.4 Å². The Labute approximate surface area is 157 Å². The molecule has 1 amide bonds. The highest BCUT2D eigenvalue weighted by molar-refractivity contribution is 7.92. The maximum atomic E-state index is 12.4. The van der Waals surface area contributed by atoms with E-state index in [1.54, 1.807) is 18.2 Å². The smallest absolute Gasteiger partial charge is 0.245 e. The third kappa shape index (κ3) is 5.11. The summed E-state index contributed by atoms with van der Waals surface area (Å²) in [4.78, 5) is 12.4. The molecule has 0 aliphatic carbocycles. The van der Waals surface area contributed by atoms with Gasteiger partial charge in [-0.3, -0.25) is 9.10 Å². The van der Waals surface area contributed by atoms with Gasteiger partial charge in [-0.05, 0) is 36.2 Å². The summed E-state index contributed by atoms with van der Waals surface area (Å²) in [6.45, 7) is 1.57. The molecule has 1 N–H and O–H groups in total. The van der Waals surface area contributed by atoms with Crippen LogP contribution in [0.25, 0.3) is 0 Å². The minimum Gasteiger partial charge on any atom is -0.324 e. The number of hydrogen-bond donors (Lipinski definition) is 1. The monoisotopic (exact) mass is 400 g/mol. The number of carbonyl (C=O) groups is 1. The summed E-state index contributed by atoms with van der Waals surface area (Å²) in [5, 5.41) is 3.26. The number of halogens is 2. The number of nitrogens with one attached hydrogen (secondary N) is 1. The van der Waals surface area contributed by atoms with E-state index in [2.05, 4.69) is 5.32 Å². The van der Waals surface area contributed by atoms with Crippen LogP contribution in [-0.2, 0) is 21.2 Å². The van der Waals surface area contributed by atoms with Crippen molar-refractivity contribution < 1.29 is 13.2 Å². The summed E-state index contributed by atoms with van der Waals surface area (Å²) in [5.74, 6) is -0.470. The van der Waals surface area contributed by atoms with Gasteiger partial charge in [0.15, 0.2) is 0 Å². The van der Waals surface area contributed by atoms with Crippen LogP contribution in [0.3, 0.4) is 0 Å². The van der Waals surface area contributed by atoms with Crippen molar-refractivity contribution in [3.8, 4) is 0 Å². The van der Waals surface area contributed by atoms with Crippen molar-refractivity contribution in [2.24, 2.45) is 0 Å². The number of rotatable bonds is 6. The Balaban J connectivity index is 2.29. The first-order valence-electron chi connectivity index (χ1n) is 7.53. The lowest BCUT2D eigenvalue weighted by Crippen LogP contribution is -2.37. The van der Waals surface area contributed by atoms with E-state index in [0.717, 1.165) is 22.5 Å². The summed E-state index contributed by atoms with van der Waals surface area (Å²) in [6.07, 6.45) is 1.75. The summed E-state index contributed by atoms with van der Waals surface area (Å²) in [6, 6.07) is 11.8. The van der Waals surface area contributed by atoms with Gasteiger partial charge in [-0.2, -0.15) is 0 Å². The number of anilines is 2. The van der Waals surface area contributed by atoms with Crippen LogP contribution in [0.1, 0.15) is 12.5 Å². The Morgan fingerprint density at radius 1 is 1.16 bits per heavy atom. The first-order chi connectivity index (χ1) is 11.7. The van der Waals surface area contributed by atoms with Crippen molar-refractivity contribution in [1.82, 2.24) is 0 Å². The zero-order chi connectivity index (χ0) is 18.6. The number of benzene rings is 2. The molecule has 0 heterocycles. The van der Waals surface area contributed by atoms with E-state index in [-0.39, 0.29) is 10.7 Å². The Morgan fingerprint density at radius 3 is 2.48 bits per heavy atom. The normalized spacial score (nSPS) is 11.2. The lowest BCUT2D eigenvalue weighted by molar-refractivity contribution is -0.114. The molecule has 0 fully saturated rings. The zero-order valence-corrected chi connectivity index (χ0v) is 16.1. The molecule has 0 saturated heterocycles. The SMILES string of the molecule is CCc1ccccc1NC(=O)CN(c1cc(Cl)ccc1Cl)S(C)(=O)=O. The highest BCUT2D eigenvalue weighted by atomic mass is 35.5. The summed E-state index contributed by atoms with van der Waals surface area (Å²) < 4.78 is 25.2. The van der Waals surface area contributed by atoms with E-state index in [1.165, 1.54) is 12.1 Å². The molecule has 0 bridgehead atoms. The predicted molar refractivity (Wildman–Crippen MR) is 103 cm³/mol. The molecular weight excluding hydrogens is 383 g/mol. The van der Waals surface area contributed by atoms with Crippen molar-refractivity contribution in [1.29, 1.82) is 0 Å². The minimum absolute atomic E-state index is 0.163. The van der Waals surface area contributed by atoms with Gasteiger partial charge in [0.25, 0.3) is 0 Å². The van der Waals surface area contributed by atoms with Gasteiger partial charge >= 0.3 is 0 Å². The molecule has 0 atom stereocenters. The fourth-order valence-corrected chi connectivity index (χ4v) is 3.62. The third-order valence-corrected chi connectivity index (χ3v) is 5.22. The fourth-order valence-electron chi connectivity index (χ4n) is 2.33. The van der Waals surface area contributed by atoms with Crippen LogP contribution in [0.15, 0.2) is 42.5 Å². The molecule has 0 saturated carbocycles. The van der Waals surface area contributed by atoms with Gasteiger partial charge in [-0.1, -0.05) is 48.3 Å². The molecule has 0 spiro atoms. The molecule has 0 radical (unpaired) electrons. The van der Waals surface area contributed by atoms with E-state index < -0.39 is 22.5 Å². The molecular formula is C17H18Cl2N2O3S. The van der Waals surface area contributed by atoms with E-state index in [1.807, 2.05) is 19.1 Å². The largest absolute Gasteiger partial charge is 0.324 e. The van der Waals surface area contributed by atoms with Crippen molar-refractivity contribution in [3.63, 3.8) is 0 Å². The lowest BCUT2D eigenvalue weighted by atomic mass is 10.1. The van der Waals surface area contributed by atoms with E-state index in [0.29, 0.717) is 10.7 Å². The molecule has 0 unspecified atom stereocenters. The molecule has 2 aromatic rings. The van der Waals surface area contributed by atoms with Crippen LogP contribution in [-0.4, -0.2) is 27.1 Å². The second-order valence-electron chi connectivity index (χ2n) is 5.42. The van der Waals surface area contributed by atoms with Crippen LogP contribution in [0.2, 0.25) is 10.0 Å². The van der Waals surface area contributed by atoms with Gasteiger partial charge in [-0.25, -0.2) is 8.42 Å². The molecule has 0 aliphatic heterocycles. The van der Waals surface area contributed by atoms with Crippen molar-refractivity contribution in [2.75, 3.05) is 22.4 Å². The molecule has 8 heteroatoms. The maximum absolute atomic E-state index is 12.4. The Kier molecular flexibility index (Phi) is 6.32. The van der Waals surface area contributed by atoms with Crippen LogP contribution in [0, 0.1) is 0 Å². The first kappa shape index (κ1) is 19.6. The highest BCUT2D eigenvalue weighted by Gasteiger charge is 2.23. The number of nitrogens with zero attached hydrogens (tertiary/aromatic N) is 1. The van der Waals surface area contributed by atoms with Crippen LogP contribution in [0.5, 0.6) is 0 Å². The Hall–Kier alpha value is -1.76. The van der Waals surface area contributed by atoms with E-state index >= 15 is 0 Å². The highest BCUT2D eigenvalue weighted by Crippen LogP contribution is 2.30. The minimum atomic E-state index is -3.73. The van der Waals surface area contributed by atoms with Gasteiger partial charge in [-0.15, -0.1) is 0 Å². The quantitative estimate of drug-likeness (QED) is 0.797. The van der Waals surface area contributed by atoms with Gasteiger partial charge in [0.05, 0.1) is 17.0 Å². The predicted octanol–water partition coefficient (Wildman–Crippen LogP) is 3.96. The van der Waals surface area contributed by atoms with Gasteiger partial charge in [0.1, 0.15) is 6.54 Å². The van der Waals surface area contributed by atoms with Crippen molar-refractivity contribution >= 4 is 50.5 Å².